The predicted octanol–water partition coefficient (Wildman–Crippen LogP) is 0.674. The quantitative estimate of drug-likeness (QED) is 0.750. The van der Waals surface area contributed by atoms with Crippen molar-refractivity contribution in [3.63, 3.8) is 0 Å². The van der Waals surface area contributed by atoms with Crippen molar-refractivity contribution >= 4 is 5.91 Å². The summed E-state index contributed by atoms with van der Waals surface area (Å²) in [5, 5.41) is 6.46. The lowest BCUT2D eigenvalue weighted by Crippen LogP contribution is -2.49. The third-order valence-electron chi connectivity index (χ3n) is 2.81. The maximum atomic E-state index is 11.6. The lowest BCUT2D eigenvalue weighted by molar-refractivity contribution is 0.0912. The second kappa shape index (κ2) is 4.44. The molecule has 1 aliphatic rings. The molecule has 2 atom stereocenters. The first-order valence-corrected chi connectivity index (χ1v) is 5.24. The summed E-state index contributed by atoms with van der Waals surface area (Å²) in [7, 11) is 0. The Kier molecular flexibility index (Phi) is 3.01. The number of hydrogen-bond acceptors (Lipinski definition) is 4. The number of hydrogen-bond donors (Lipinski definition) is 2. The molecule has 0 bridgehead atoms. The lowest BCUT2D eigenvalue weighted by atomic mass is 9.91. The molecule has 5 nitrogen and oxygen atoms in total. The van der Waals surface area contributed by atoms with Gasteiger partial charge < -0.3 is 15.6 Å². The summed E-state index contributed by atoms with van der Waals surface area (Å²) in [4.78, 5) is 11.6. The first kappa shape index (κ1) is 10.2. The molecule has 3 N–H and O–H groups in total. The van der Waals surface area contributed by atoms with Gasteiger partial charge in [0.05, 0.1) is 0 Å². The largest absolute Gasteiger partial charge is 0.364 e. The van der Waals surface area contributed by atoms with E-state index >= 15 is 0 Å². The molecule has 15 heavy (non-hydrogen) atoms. The topological polar surface area (TPSA) is 81.1 Å². The van der Waals surface area contributed by atoms with Crippen LogP contribution in [0.1, 0.15) is 36.2 Å². The molecule has 1 aromatic heterocycles. The van der Waals surface area contributed by atoms with Gasteiger partial charge in [0.2, 0.25) is 0 Å². The Morgan fingerprint density at radius 2 is 2.33 bits per heavy atom. The molecule has 2 rings (SSSR count). The van der Waals surface area contributed by atoms with Crippen molar-refractivity contribution < 1.29 is 9.32 Å². The van der Waals surface area contributed by atoms with Crippen molar-refractivity contribution in [1.29, 1.82) is 0 Å². The van der Waals surface area contributed by atoms with E-state index in [1.54, 1.807) is 6.07 Å². The summed E-state index contributed by atoms with van der Waals surface area (Å²) < 4.78 is 4.61. The molecule has 82 valence electrons. The maximum absolute atomic E-state index is 11.6. The zero-order valence-corrected chi connectivity index (χ0v) is 8.48. The molecule has 1 saturated carbocycles. The highest BCUT2D eigenvalue weighted by Crippen LogP contribution is 2.17. The van der Waals surface area contributed by atoms with E-state index in [2.05, 4.69) is 15.0 Å². The van der Waals surface area contributed by atoms with Crippen molar-refractivity contribution in [2.45, 2.75) is 37.8 Å². The maximum Gasteiger partial charge on any atom is 0.273 e. The van der Waals surface area contributed by atoms with Gasteiger partial charge in [-0.15, -0.1) is 0 Å². The first-order valence-electron chi connectivity index (χ1n) is 5.24. The molecule has 1 heterocycles. The van der Waals surface area contributed by atoms with E-state index in [1.807, 2.05) is 0 Å². The number of nitrogens with two attached hydrogens (primary N) is 1. The van der Waals surface area contributed by atoms with Gasteiger partial charge in [-0.2, -0.15) is 0 Å². The van der Waals surface area contributed by atoms with E-state index in [4.69, 9.17) is 5.73 Å². The van der Waals surface area contributed by atoms with Crippen molar-refractivity contribution in [1.82, 2.24) is 10.5 Å². The molecule has 0 aromatic carbocycles. The number of rotatable bonds is 2. The summed E-state index contributed by atoms with van der Waals surface area (Å²) in [6, 6.07) is 1.68. The van der Waals surface area contributed by atoms with Gasteiger partial charge in [-0.1, -0.05) is 18.0 Å². The fourth-order valence-electron chi connectivity index (χ4n) is 1.91. The summed E-state index contributed by atoms with van der Waals surface area (Å²) >= 11 is 0. The molecule has 0 unspecified atom stereocenters. The van der Waals surface area contributed by atoms with E-state index in [1.165, 1.54) is 6.26 Å². The van der Waals surface area contributed by atoms with Crippen LogP contribution in [0.5, 0.6) is 0 Å². The molecule has 0 saturated heterocycles. The van der Waals surface area contributed by atoms with Crippen LogP contribution in [-0.4, -0.2) is 23.1 Å². The molecule has 0 aliphatic heterocycles. The predicted molar refractivity (Wildman–Crippen MR) is 54.2 cm³/mol. The number of aromatic nitrogens is 1. The van der Waals surface area contributed by atoms with E-state index in [-0.39, 0.29) is 18.0 Å². The number of carbonyl (C=O) groups is 1. The van der Waals surface area contributed by atoms with Gasteiger partial charge in [0, 0.05) is 18.2 Å². The Labute approximate surface area is 88.0 Å². The highest BCUT2D eigenvalue weighted by Gasteiger charge is 2.24. The van der Waals surface area contributed by atoms with Crippen LogP contribution in [-0.2, 0) is 0 Å². The highest BCUT2D eigenvalue weighted by molar-refractivity contribution is 5.92. The van der Waals surface area contributed by atoms with Gasteiger partial charge in [-0.25, -0.2) is 0 Å². The lowest BCUT2D eigenvalue weighted by Gasteiger charge is -2.28. The summed E-state index contributed by atoms with van der Waals surface area (Å²) in [6.45, 7) is 0. The zero-order chi connectivity index (χ0) is 10.7. The van der Waals surface area contributed by atoms with Crippen LogP contribution in [0.3, 0.4) is 0 Å². The van der Waals surface area contributed by atoms with Gasteiger partial charge in [-0.05, 0) is 12.8 Å². The van der Waals surface area contributed by atoms with Crippen LogP contribution in [0.15, 0.2) is 16.9 Å². The molecular weight excluding hydrogens is 194 g/mol. The van der Waals surface area contributed by atoms with Gasteiger partial charge >= 0.3 is 0 Å². The van der Waals surface area contributed by atoms with Gasteiger partial charge in [0.15, 0.2) is 5.69 Å². The fraction of sp³-hybridized carbons (Fsp3) is 0.600. The van der Waals surface area contributed by atoms with E-state index in [0.29, 0.717) is 5.69 Å². The second-order valence-corrected chi connectivity index (χ2v) is 3.91. The van der Waals surface area contributed by atoms with Gasteiger partial charge in [0.1, 0.15) is 6.26 Å². The van der Waals surface area contributed by atoms with E-state index < -0.39 is 0 Å². The third-order valence-corrected chi connectivity index (χ3v) is 2.81. The van der Waals surface area contributed by atoms with Crippen LogP contribution in [0.2, 0.25) is 0 Å². The molecule has 0 radical (unpaired) electrons. The Bertz CT molecular complexity index is 323. The van der Waals surface area contributed by atoms with Crippen LogP contribution in [0.25, 0.3) is 0 Å². The standard InChI is InChI=1S/C10H15N3O2/c11-7-3-1-2-4-8(7)12-10(14)9-5-6-15-13-9/h5-8H,1-4,11H2,(H,12,14)/t7-,8-/m1/s1. The minimum absolute atomic E-state index is 0.0644. The molecule has 1 amide bonds. The summed E-state index contributed by atoms with van der Waals surface area (Å²) in [6.07, 6.45) is 5.58. The van der Waals surface area contributed by atoms with Crippen molar-refractivity contribution in [3.05, 3.63) is 18.0 Å². The number of nitrogens with one attached hydrogen (secondary N) is 1. The van der Waals surface area contributed by atoms with Crippen LogP contribution in [0.4, 0.5) is 0 Å². The van der Waals surface area contributed by atoms with Gasteiger partial charge in [-0.3, -0.25) is 4.79 Å². The minimum atomic E-state index is -0.203. The number of amides is 1. The van der Waals surface area contributed by atoms with Gasteiger partial charge in [0.25, 0.3) is 5.91 Å². The average Bonchev–Trinajstić information content (AvgIpc) is 2.74. The van der Waals surface area contributed by atoms with E-state index in [0.717, 1.165) is 25.7 Å². The molecule has 5 heteroatoms. The second-order valence-electron chi connectivity index (χ2n) is 3.91. The molecule has 1 aliphatic carbocycles. The summed E-state index contributed by atoms with van der Waals surface area (Å²) in [5.74, 6) is -0.203. The number of carbonyl (C=O) groups excluding carboxylic acids is 1. The van der Waals surface area contributed by atoms with Crippen LogP contribution in [0, 0.1) is 0 Å². The highest BCUT2D eigenvalue weighted by atomic mass is 16.5. The number of nitrogens with zero attached hydrogens (tertiary/aromatic N) is 1. The Morgan fingerprint density at radius 1 is 1.53 bits per heavy atom. The van der Waals surface area contributed by atoms with Crippen molar-refractivity contribution in [2.24, 2.45) is 5.73 Å². The minimum Gasteiger partial charge on any atom is -0.364 e. The smallest absolute Gasteiger partial charge is 0.273 e. The molecule has 0 spiro atoms. The monoisotopic (exact) mass is 209 g/mol. The summed E-state index contributed by atoms with van der Waals surface area (Å²) in [5.41, 5.74) is 6.23. The third kappa shape index (κ3) is 2.36. The Hall–Kier alpha value is -1.36. The first-order chi connectivity index (χ1) is 7.27. The van der Waals surface area contributed by atoms with E-state index in [9.17, 15) is 4.79 Å². The molecule has 1 aromatic rings. The van der Waals surface area contributed by atoms with Crippen molar-refractivity contribution in [3.8, 4) is 0 Å². The van der Waals surface area contributed by atoms with Crippen LogP contribution >= 0.6 is 0 Å². The normalized spacial score (nSPS) is 26.2. The Morgan fingerprint density at radius 3 is 3.00 bits per heavy atom. The zero-order valence-electron chi connectivity index (χ0n) is 8.48. The average molecular weight is 209 g/mol. The SMILES string of the molecule is N[C@@H]1CCCC[C@H]1NC(=O)c1ccon1. The fourth-order valence-corrected chi connectivity index (χ4v) is 1.91. The molecular formula is C10H15N3O2. The molecule has 1 fully saturated rings. The Balaban J connectivity index is 1.93. The van der Waals surface area contributed by atoms with Crippen molar-refractivity contribution in [2.75, 3.05) is 0 Å². The van der Waals surface area contributed by atoms with Crippen LogP contribution < -0.4 is 11.1 Å².